The molecule has 0 fully saturated rings. The Labute approximate surface area is 277 Å². The molecule has 0 saturated heterocycles. The Morgan fingerprint density at radius 2 is 1.40 bits per heavy atom. The molecule has 0 heterocycles. The number of para-hydroxylation sites is 1. The van der Waals surface area contributed by atoms with Gasteiger partial charge in [-0.3, -0.25) is 14.4 Å². The summed E-state index contributed by atoms with van der Waals surface area (Å²) in [5.41, 5.74) is 3.47. The molecule has 5 rings (SSSR count). The lowest BCUT2D eigenvalue weighted by Crippen LogP contribution is -2.30. The molecule has 236 valence electrons. The number of rotatable bonds is 11. The van der Waals surface area contributed by atoms with Crippen LogP contribution in [-0.2, 0) is 9.59 Å². The molecule has 5 aromatic carbocycles. The van der Waals surface area contributed by atoms with Gasteiger partial charge in [0, 0.05) is 35.9 Å². The second-order valence-corrected chi connectivity index (χ2v) is 11.9. The first kappa shape index (κ1) is 32.7. The van der Waals surface area contributed by atoms with E-state index in [0.717, 1.165) is 16.8 Å². The van der Waals surface area contributed by atoms with Gasteiger partial charge >= 0.3 is 0 Å². The maximum atomic E-state index is 14.4. The number of amides is 3. The lowest BCUT2D eigenvalue weighted by Gasteiger charge is -2.18. The normalized spacial score (nSPS) is 11.7. The molecule has 0 bridgehead atoms. The fourth-order valence-electron chi connectivity index (χ4n) is 4.62. The van der Waals surface area contributed by atoms with Crippen LogP contribution in [0.15, 0.2) is 144 Å². The van der Waals surface area contributed by atoms with Gasteiger partial charge in [-0.15, -0.1) is 11.8 Å². The van der Waals surface area contributed by atoms with E-state index in [1.807, 2.05) is 85.7 Å². The zero-order valence-corrected chi connectivity index (χ0v) is 26.6. The van der Waals surface area contributed by atoms with Crippen LogP contribution in [0.3, 0.4) is 0 Å². The maximum absolute atomic E-state index is 14.4. The summed E-state index contributed by atoms with van der Waals surface area (Å²) in [4.78, 5) is 42.8. The highest BCUT2D eigenvalue weighted by atomic mass is 32.2. The first-order chi connectivity index (χ1) is 22.8. The van der Waals surface area contributed by atoms with Crippen molar-refractivity contribution in [1.29, 1.82) is 0 Å². The van der Waals surface area contributed by atoms with Crippen LogP contribution in [0, 0.1) is 5.82 Å². The number of carbonyl (C=O) groups is 3. The molecule has 7 nitrogen and oxygen atoms in total. The largest absolute Gasteiger partial charge is 0.378 e. The van der Waals surface area contributed by atoms with Crippen molar-refractivity contribution < 1.29 is 18.8 Å². The number of hydrogen-bond acceptors (Lipinski definition) is 5. The predicted molar refractivity (Wildman–Crippen MR) is 188 cm³/mol. The quantitative estimate of drug-likeness (QED) is 0.101. The SMILES string of the molecule is CN(C)c1ccc(/C=C(/NC(=O)c2ccccc2)C(=O)Nc2cccc(SC(C(=O)Nc3ccccc3F)c3ccccc3)c2)cc1. The first-order valence-electron chi connectivity index (χ1n) is 14.8. The lowest BCUT2D eigenvalue weighted by molar-refractivity contribution is -0.116. The van der Waals surface area contributed by atoms with Gasteiger partial charge in [0.05, 0.1) is 5.69 Å². The molecule has 0 aliphatic heterocycles. The predicted octanol–water partition coefficient (Wildman–Crippen LogP) is 7.77. The Balaban J connectivity index is 1.38. The second-order valence-electron chi connectivity index (χ2n) is 10.7. The van der Waals surface area contributed by atoms with Gasteiger partial charge in [0.25, 0.3) is 11.8 Å². The van der Waals surface area contributed by atoms with Crippen LogP contribution >= 0.6 is 11.8 Å². The Kier molecular flexibility index (Phi) is 10.8. The fraction of sp³-hybridized carbons (Fsp3) is 0.0789. The summed E-state index contributed by atoms with van der Waals surface area (Å²) in [7, 11) is 3.88. The summed E-state index contributed by atoms with van der Waals surface area (Å²) >= 11 is 1.26. The van der Waals surface area contributed by atoms with E-state index >= 15 is 0 Å². The Hall–Kier alpha value is -5.67. The van der Waals surface area contributed by atoms with Gasteiger partial charge in [-0.25, -0.2) is 4.39 Å². The van der Waals surface area contributed by atoms with Crippen molar-refractivity contribution in [2.45, 2.75) is 10.1 Å². The number of nitrogens with zero attached hydrogens (tertiary/aromatic N) is 1. The third-order valence-corrected chi connectivity index (χ3v) is 8.32. The van der Waals surface area contributed by atoms with Crippen molar-refractivity contribution in [2.24, 2.45) is 0 Å². The third kappa shape index (κ3) is 8.96. The fourth-order valence-corrected chi connectivity index (χ4v) is 5.70. The number of thioether (sulfide) groups is 1. The van der Waals surface area contributed by atoms with Crippen molar-refractivity contribution in [2.75, 3.05) is 29.6 Å². The van der Waals surface area contributed by atoms with E-state index in [2.05, 4.69) is 16.0 Å². The molecule has 0 radical (unpaired) electrons. The molecule has 0 saturated carbocycles. The van der Waals surface area contributed by atoms with Gasteiger partial charge in [-0.2, -0.15) is 0 Å². The Morgan fingerprint density at radius 1 is 0.745 bits per heavy atom. The van der Waals surface area contributed by atoms with E-state index in [0.29, 0.717) is 16.1 Å². The topological polar surface area (TPSA) is 90.5 Å². The molecule has 3 N–H and O–H groups in total. The molecule has 1 unspecified atom stereocenters. The smallest absolute Gasteiger partial charge is 0.272 e. The molecule has 0 aliphatic carbocycles. The summed E-state index contributed by atoms with van der Waals surface area (Å²) in [6.45, 7) is 0. The van der Waals surface area contributed by atoms with Crippen molar-refractivity contribution in [1.82, 2.24) is 5.32 Å². The Bertz CT molecular complexity index is 1880. The van der Waals surface area contributed by atoms with Crippen molar-refractivity contribution in [3.05, 3.63) is 162 Å². The number of nitrogens with one attached hydrogen (secondary N) is 3. The monoisotopic (exact) mass is 644 g/mol. The minimum atomic E-state index is -0.715. The average molecular weight is 645 g/mol. The van der Waals surface area contributed by atoms with Crippen LogP contribution in [0.4, 0.5) is 21.5 Å². The maximum Gasteiger partial charge on any atom is 0.272 e. The van der Waals surface area contributed by atoms with E-state index in [1.54, 1.807) is 60.7 Å². The van der Waals surface area contributed by atoms with Gasteiger partial charge in [0.1, 0.15) is 16.8 Å². The molecule has 9 heteroatoms. The van der Waals surface area contributed by atoms with Crippen molar-refractivity contribution >= 4 is 52.6 Å². The molecule has 1 atom stereocenters. The van der Waals surface area contributed by atoms with Crippen molar-refractivity contribution in [3.8, 4) is 0 Å². The molecular formula is C38H33FN4O3S. The highest BCUT2D eigenvalue weighted by molar-refractivity contribution is 8.00. The highest BCUT2D eigenvalue weighted by Gasteiger charge is 2.23. The minimum absolute atomic E-state index is 0.0564. The van der Waals surface area contributed by atoms with E-state index in [4.69, 9.17) is 0 Å². The van der Waals surface area contributed by atoms with Gasteiger partial charge < -0.3 is 20.9 Å². The summed E-state index contributed by atoms with van der Waals surface area (Å²) in [5, 5.41) is 7.63. The molecular weight excluding hydrogens is 612 g/mol. The molecule has 5 aromatic rings. The number of anilines is 3. The van der Waals surface area contributed by atoms with Crippen LogP contribution in [0.2, 0.25) is 0 Å². The molecule has 3 amide bonds. The highest BCUT2D eigenvalue weighted by Crippen LogP contribution is 2.37. The molecule has 0 aliphatic rings. The molecule has 0 aromatic heterocycles. The van der Waals surface area contributed by atoms with Crippen LogP contribution in [0.1, 0.15) is 26.7 Å². The Morgan fingerprint density at radius 3 is 2.09 bits per heavy atom. The van der Waals surface area contributed by atoms with Crippen LogP contribution in [0.5, 0.6) is 0 Å². The first-order valence-corrected chi connectivity index (χ1v) is 15.7. The van der Waals surface area contributed by atoms with Crippen LogP contribution in [-0.4, -0.2) is 31.8 Å². The third-order valence-electron chi connectivity index (χ3n) is 7.07. The van der Waals surface area contributed by atoms with Gasteiger partial charge in [0.2, 0.25) is 5.91 Å². The number of halogens is 1. The van der Waals surface area contributed by atoms with Gasteiger partial charge in [0.15, 0.2) is 0 Å². The standard InChI is InChI=1S/C38H33FN4O3S/c1-43(2)30-22-20-26(21-23-30)24-34(42-36(44)28-14-7-4-8-15-28)37(45)40-29-16-11-17-31(25-29)47-35(27-12-5-3-6-13-27)38(46)41-33-19-10-9-18-32(33)39/h3-25,35H,1-2H3,(H,40,45)(H,41,46)(H,42,44)/b34-24+. The second kappa shape index (κ2) is 15.6. The van der Waals surface area contributed by atoms with E-state index < -0.39 is 28.8 Å². The molecule has 47 heavy (non-hydrogen) atoms. The zero-order valence-electron chi connectivity index (χ0n) is 25.8. The van der Waals surface area contributed by atoms with E-state index in [9.17, 15) is 18.8 Å². The van der Waals surface area contributed by atoms with Crippen LogP contribution in [0.25, 0.3) is 6.08 Å². The van der Waals surface area contributed by atoms with Crippen molar-refractivity contribution in [3.63, 3.8) is 0 Å². The van der Waals surface area contributed by atoms with Gasteiger partial charge in [-0.05, 0) is 71.8 Å². The average Bonchev–Trinajstić information content (AvgIpc) is 3.09. The van der Waals surface area contributed by atoms with Crippen LogP contribution < -0.4 is 20.9 Å². The van der Waals surface area contributed by atoms with Gasteiger partial charge in [-0.1, -0.05) is 78.9 Å². The number of hydrogen-bond donors (Lipinski definition) is 3. The summed E-state index contributed by atoms with van der Waals surface area (Å²) in [6.07, 6.45) is 1.62. The summed E-state index contributed by atoms with van der Waals surface area (Å²) < 4.78 is 14.4. The van der Waals surface area contributed by atoms with E-state index in [1.165, 1.54) is 23.9 Å². The number of carbonyl (C=O) groups excluding carboxylic acids is 3. The lowest BCUT2D eigenvalue weighted by atomic mass is 10.1. The summed E-state index contributed by atoms with van der Waals surface area (Å²) in [5.74, 6) is -1.87. The summed E-state index contributed by atoms with van der Waals surface area (Å²) in [6, 6.07) is 38.5. The van der Waals surface area contributed by atoms with E-state index in [-0.39, 0.29) is 11.4 Å². The molecule has 0 spiro atoms. The number of benzene rings is 5. The minimum Gasteiger partial charge on any atom is -0.378 e. The zero-order chi connectivity index (χ0) is 33.2.